The molecule has 0 aliphatic carbocycles. The first-order valence-electron chi connectivity index (χ1n) is 4.75. The molecule has 17 heavy (non-hydrogen) atoms. The smallest absolute Gasteiger partial charge is 0.268 e. The van der Waals surface area contributed by atoms with E-state index in [0.717, 1.165) is 0 Å². The molecule has 0 fully saturated rings. The number of hydrogen-bond donors (Lipinski definition) is 2. The Morgan fingerprint density at radius 1 is 1.47 bits per heavy atom. The van der Waals surface area contributed by atoms with Crippen molar-refractivity contribution in [1.82, 2.24) is 0 Å². The van der Waals surface area contributed by atoms with Crippen molar-refractivity contribution < 1.29 is 19.2 Å². The quantitative estimate of drug-likeness (QED) is 0.594. The lowest BCUT2D eigenvalue weighted by atomic mass is 10.1. The fourth-order valence-electron chi connectivity index (χ4n) is 1.49. The number of nitrogens with zero attached hydrogens (tertiary/aromatic N) is 1. The zero-order valence-electron chi connectivity index (χ0n) is 9.01. The highest BCUT2D eigenvalue weighted by Gasteiger charge is 2.09. The van der Waals surface area contributed by atoms with Crippen LogP contribution in [-0.4, -0.2) is 18.2 Å². The number of carbonyl (C=O) groups excluding carboxylic acids is 1. The van der Waals surface area contributed by atoms with Gasteiger partial charge in [0.2, 0.25) is 0 Å². The molecule has 6 nitrogen and oxygen atoms in total. The lowest BCUT2D eigenvalue weighted by molar-refractivity contribution is 0.0994. The summed E-state index contributed by atoms with van der Waals surface area (Å²) in [7, 11) is 1.53. The fourth-order valence-corrected chi connectivity index (χ4v) is 1.49. The first-order valence-corrected chi connectivity index (χ1v) is 4.75. The van der Waals surface area contributed by atoms with E-state index < -0.39 is 5.91 Å². The molecule has 0 aliphatic rings. The third-order valence-electron chi connectivity index (χ3n) is 2.31. The van der Waals surface area contributed by atoms with E-state index in [1.807, 2.05) is 0 Å². The second-order valence-electron chi connectivity index (χ2n) is 3.33. The number of nitrogens with two attached hydrogens (primary N) is 1. The molecule has 88 valence electrons. The summed E-state index contributed by atoms with van der Waals surface area (Å²) >= 11 is 0. The van der Waals surface area contributed by atoms with E-state index >= 15 is 0 Å². The van der Waals surface area contributed by atoms with Crippen LogP contribution in [0.25, 0.3) is 11.0 Å². The van der Waals surface area contributed by atoms with Crippen molar-refractivity contribution in [3.8, 4) is 5.75 Å². The van der Waals surface area contributed by atoms with E-state index in [0.29, 0.717) is 16.7 Å². The average Bonchev–Trinajstić information content (AvgIpc) is 2.36. The van der Waals surface area contributed by atoms with Crippen molar-refractivity contribution in [2.75, 3.05) is 7.11 Å². The minimum Gasteiger partial charge on any atom is -0.497 e. The summed E-state index contributed by atoms with van der Waals surface area (Å²) in [5.41, 5.74) is 5.41. The van der Waals surface area contributed by atoms with Crippen molar-refractivity contribution in [3.63, 3.8) is 0 Å². The van der Waals surface area contributed by atoms with Crippen molar-refractivity contribution in [1.29, 1.82) is 0 Å². The Balaban J connectivity index is 2.79. The molecule has 1 amide bonds. The first kappa shape index (κ1) is 11.0. The van der Waals surface area contributed by atoms with Crippen LogP contribution < -0.4 is 16.0 Å². The molecule has 6 heteroatoms. The summed E-state index contributed by atoms with van der Waals surface area (Å²) in [6, 6.07) is 6.51. The van der Waals surface area contributed by atoms with Gasteiger partial charge in [0, 0.05) is 5.39 Å². The molecule has 0 atom stereocenters. The van der Waals surface area contributed by atoms with Crippen LogP contribution in [0.4, 0.5) is 0 Å². The lowest BCUT2D eigenvalue weighted by Gasteiger charge is -2.03. The zero-order valence-corrected chi connectivity index (χ0v) is 9.01. The third-order valence-corrected chi connectivity index (χ3v) is 2.31. The van der Waals surface area contributed by atoms with Crippen LogP contribution in [0.5, 0.6) is 5.75 Å². The lowest BCUT2D eigenvalue weighted by Crippen LogP contribution is -2.21. The molecule has 0 bridgehead atoms. The first-order chi connectivity index (χ1) is 8.15. The average molecular weight is 234 g/mol. The molecule has 0 aliphatic heterocycles. The van der Waals surface area contributed by atoms with Gasteiger partial charge < -0.3 is 20.1 Å². The van der Waals surface area contributed by atoms with E-state index in [1.54, 1.807) is 18.2 Å². The van der Waals surface area contributed by atoms with Crippen molar-refractivity contribution in [2.24, 2.45) is 10.9 Å². The van der Waals surface area contributed by atoms with Gasteiger partial charge in [-0.05, 0) is 29.4 Å². The molecule has 3 N–H and O–H groups in total. The monoisotopic (exact) mass is 234 g/mol. The maximum atomic E-state index is 11.1. The molecule has 0 saturated carbocycles. The number of benzene rings is 1. The normalized spacial score (nSPS) is 11.7. The zero-order chi connectivity index (χ0) is 12.4. The predicted octanol–water partition coefficient (Wildman–Crippen LogP) is 0.830. The second-order valence-corrected chi connectivity index (χ2v) is 3.33. The van der Waals surface area contributed by atoms with Crippen molar-refractivity contribution in [2.45, 2.75) is 0 Å². The summed E-state index contributed by atoms with van der Waals surface area (Å²) in [6.45, 7) is 0. The molecular formula is C11H10N2O4. The van der Waals surface area contributed by atoms with Gasteiger partial charge in [0.25, 0.3) is 11.5 Å². The molecule has 2 aromatic rings. The standard InChI is InChI=1S/C11H10N2O4/c1-16-7-2-3-9-6(4-7)5-8(10(12)14)11(13-15)17-9/h2-5,15H,1H3,(H2,12,14)/b13-11-. The minimum absolute atomic E-state index is 0.00764. The topological polar surface area (TPSA) is 98.1 Å². The minimum atomic E-state index is -0.730. The van der Waals surface area contributed by atoms with Gasteiger partial charge in [0.1, 0.15) is 16.9 Å². The molecule has 2 rings (SSSR count). The number of carbonyl (C=O) groups is 1. The second kappa shape index (κ2) is 4.17. The van der Waals surface area contributed by atoms with E-state index in [4.69, 9.17) is 20.1 Å². The van der Waals surface area contributed by atoms with Crippen LogP contribution >= 0.6 is 0 Å². The number of ether oxygens (including phenoxy) is 1. The summed E-state index contributed by atoms with van der Waals surface area (Å²) in [5.74, 6) is -0.108. The molecule has 0 unspecified atom stereocenters. The number of primary amides is 1. The van der Waals surface area contributed by atoms with Crippen molar-refractivity contribution >= 4 is 16.9 Å². The number of fused-ring (bicyclic) bond motifs is 1. The summed E-state index contributed by atoms with van der Waals surface area (Å²) < 4.78 is 10.3. The Labute approximate surface area is 95.9 Å². The molecular weight excluding hydrogens is 224 g/mol. The summed E-state index contributed by atoms with van der Waals surface area (Å²) in [6.07, 6.45) is 0. The van der Waals surface area contributed by atoms with E-state index in [2.05, 4.69) is 5.16 Å². The highest BCUT2D eigenvalue weighted by Crippen LogP contribution is 2.20. The van der Waals surface area contributed by atoms with Gasteiger partial charge >= 0.3 is 0 Å². The van der Waals surface area contributed by atoms with Crippen LogP contribution in [0, 0.1) is 0 Å². The molecule has 0 spiro atoms. The molecule has 1 aromatic carbocycles. The highest BCUT2D eigenvalue weighted by molar-refractivity contribution is 5.95. The Hall–Kier alpha value is -2.50. The molecule has 0 saturated heterocycles. The SMILES string of the molecule is COc1ccc2o/c(=N\O)c(C(N)=O)cc2c1. The van der Waals surface area contributed by atoms with Crippen LogP contribution in [0.2, 0.25) is 0 Å². The fraction of sp³-hybridized carbons (Fsp3) is 0.0909. The van der Waals surface area contributed by atoms with Gasteiger partial charge in [-0.25, -0.2) is 0 Å². The van der Waals surface area contributed by atoms with Gasteiger partial charge in [-0.1, -0.05) is 0 Å². The number of methoxy groups -OCH3 is 1. The van der Waals surface area contributed by atoms with Crippen LogP contribution in [-0.2, 0) is 0 Å². The van der Waals surface area contributed by atoms with E-state index in [9.17, 15) is 4.79 Å². The Morgan fingerprint density at radius 3 is 2.82 bits per heavy atom. The Bertz CT molecular complexity index is 645. The Morgan fingerprint density at radius 2 is 2.24 bits per heavy atom. The number of hydrogen-bond acceptors (Lipinski definition) is 5. The van der Waals surface area contributed by atoms with E-state index in [-0.39, 0.29) is 11.1 Å². The summed E-state index contributed by atoms with van der Waals surface area (Å²) in [4.78, 5) is 11.1. The van der Waals surface area contributed by atoms with Crippen LogP contribution in [0.15, 0.2) is 33.8 Å². The Kier molecular flexibility index (Phi) is 2.70. The van der Waals surface area contributed by atoms with Gasteiger partial charge in [-0.3, -0.25) is 4.79 Å². The van der Waals surface area contributed by atoms with Crippen molar-refractivity contribution in [3.05, 3.63) is 35.4 Å². The third kappa shape index (κ3) is 1.92. The number of rotatable bonds is 2. The van der Waals surface area contributed by atoms with Crippen LogP contribution in [0.1, 0.15) is 10.4 Å². The van der Waals surface area contributed by atoms with Gasteiger partial charge in [0.05, 0.1) is 7.11 Å². The molecule has 1 heterocycles. The maximum absolute atomic E-state index is 11.1. The molecule has 1 aromatic heterocycles. The van der Waals surface area contributed by atoms with Gasteiger partial charge in [-0.15, -0.1) is 0 Å². The highest BCUT2D eigenvalue weighted by atomic mass is 16.5. The largest absolute Gasteiger partial charge is 0.497 e. The molecule has 0 radical (unpaired) electrons. The maximum Gasteiger partial charge on any atom is 0.268 e. The van der Waals surface area contributed by atoms with E-state index in [1.165, 1.54) is 13.2 Å². The van der Waals surface area contributed by atoms with Gasteiger partial charge in [0.15, 0.2) is 0 Å². The number of amides is 1. The van der Waals surface area contributed by atoms with Crippen LogP contribution in [0.3, 0.4) is 0 Å². The predicted molar refractivity (Wildman–Crippen MR) is 58.6 cm³/mol. The van der Waals surface area contributed by atoms with Gasteiger partial charge in [-0.2, -0.15) is 0 Å². The summed E-state index contributed by atoms with van der Waals surface area (Å²) in [5, 5.41) is 12.2.